The van der Waals surface area contributed by atoms with Gasteiger partial charge in [-0.2, -0.15) is 0 Å². The predicted molar refractivity (Wildman–Crippen MR) is 67.4 cm³/mol. The molecule has 0 amide bonds. The predicted octanol–water partition coefficient (Wildman–Crippen LogP) is 2.04. The van der Waals surface area contributed by atoms with Crippen molar-refractivity contribution in [1.29, 1.82) is 0 Å². The van der Waals surface area contributed by atoms with E-state index < -0.39 is 0 Å². The summed E-state index contributed by atoms with van der Waals surface area (Å²) in [5.74, 6) is 0.660. The highest BCUT2D eigenvalue weighted by Crippen LogP contribution is 2.31. The van der Waals surface area contributed by atoms with Gasteiger partial charge >= 0.3 is 0 Å². The van der Waals surface area contributed by atoms with Crippen LogP contribution in [0.1, 0.15) is 26.2 Å². The van der Waals surface area contributed by atoms with Crippen molar-refractivity contribution >= 4 is 5.69 Å². The fourth-order valence-corrected chi connectivity index (χ4v) is 2.85. The largest absolute Gasteiger partial charge is 0.368 e. The van der Waals surface area contributed by atoms with Gasteiger partial charge in [-0.1, -0.05) is 6.42 Å². The van der Waals surface area contributed by atoms with E-state index in [1.165, 1.54) is 24.9 Å². The zero-order valence-corrected chi connectivity index (χ0v) is 9.97. The molecule has 16 heavy (non-hydrogen) atoms. The molecule has 2 unspecified atom stereocenters. The van der Waals surface area contributed by atoms with Gasteiger partial charge in [0.05, 0.1) is 0 Å². The number of rotatable bonds is 4. The fraction of sp³-hybridized carbons (Fsp3) is 0.615. The summed E-state index contributed by atoms with van der Waals surface area (Å²) < 4.78 is 0. The standard InChI is InChI=1S/C13H21N3/c1-2-16(12-6-8-15-9-7-12)13-5-3-4-11(13)10-14/h6-9,11,13H,2-5,10,14H2,1H3. The second kappa shape index (κ2) is 5.30. The minimum absolute atomic E-state index is 0.623. The highest BCUT2D eigenvalue weighted by atomic mass is 15.2. The van der Waals surface area contributed by atoms with E-state index in [1.807, 2.05) is 12.4 Å². The van der Waals surface area contributed by atoms with Crippen LogP contribution in [-0.4, -0.2) is 24.1 Å². The topological polar surface area (TPSA) is 42.2 Å². The molecule has 3 heteroatoms. The van der Waals surface area contributed by atoms with Crippen molar-refractivity contribution in [3.05, 3.63) is 24.5 Å². The Kier molecular flexibility index (Phi) is 3.78. The summed E-state index contributed by atoms with van der Waals surface area (Å²) in [6.45, 7) is 4.07. The molecule has 1 fully saturated rings. The van der Waals surface area contributed by atoms with E-state index in [1.54, 1.807) is 0 Å². The van der Waals surface area contributed by atoms with Gasteiger partial charge in [0.2, 0.25) is 0 Å². The molecule has 1 aliphatic rings. The third kappa shape index (κ3) is 2.19. The van der Waals surface area contributed by atoms with Gasteiger partial charge in [-0.15, -0.1) is 0 Å². The first kappa shape index (κ1) is 11.4. The number of nitrogens with two attached hydrogens (primary N) is 1. The molecule has 3 nitrogen and oxygen atoms in total. The summed E-state index contributed by atoms with van der Waals surface area (Å²) >= 11 is 0. The summed E-state index contributed by atoms with van der Waals surface area (Å²) in [7, 11) is 0. The minimum atomic E-state index is 0.623. The van der Waals surface area contributed by atoms with Crippen molar-refractivity contribution in [3.63, 3.8) is 0 Å². The van der Waals surface area contributed by atoms with Crippen LogP contribution in [0.5, 0.6) is 0 Å². The molecular weight excluding hydrogens is 198 g/mol. The van der Waals surface area contributed by atoms with Crippen molar-refractivity contribution in [1.82, 2.24) is 4.98 Å². The van der Waals surface area contributed by atoms with Crippen LogP contribution in [0, 0.1) is 5.92 Å². The first-order valence-corrected chi connectivity index (χ1v) is 6.23. The van der Waals surface area contributed by atoms with E-state index in [-0.39, 0.29) is 0 Å². The van der Waals surface area contributed by atoms with Crippen LogP contribution in [0.4, 0.5) is 5.69 Å². The zero-order chi connectivity index (χ0) is 11.4. The molecular formula is C13H21N3. The molecule has 0 aromatic carbocycles. The molecule has 2 rings (SSSR count). The van der Waals surface area contributed by atoms with Crippen LogP contribution in [-0.2, 0) is 0 Å². The van der Waals surface area contributed by atoms with Gasteiger partial charge in [-0.3, -0.25) is 4.98 Å². The molecule has 1 aromatic heterocycles. The van der Waals surface area contributed by atoms with E-state index in [9.17, 15) is 0 Å². The summed E-state index contributed by atoms with van der Waals surface area (Å²) in [4.78, 5) is 6.55. The minimum Gasteiger partial charge on any atom is -0.368 e. The van der Waals surface area contributed by atoms with Crippen LogP contribution in [0.25, 0.3) is 0 Å². The summed E-state index contributed by atoms with van der Waals surface area (Å²) in [6.07, 6.45) is 7.60. The quantitative estimate of drug-likeness (QED) is 0.842. The molecule has 0 saturated heterocycles. The number of aromatic nitrogens is 1. The van der Waals surface area contributed by atoms with E-state index >= 15 is 0 Å². The maximum atomic E-state index is 5.86. The summed E-state index contributed by atoms with van der Waals surface area (Å²) in [6, 6.07) is 4.81. The monoisotopic (exact) mass is 219 g/mol. The second-order valence-electron chi connectivity index (χ2n) is 4.49. The summed E-state index contributed by atoms with van der Waals surface area (Å²) in [5, 5.41) is 0. The lowest BCUT2D eigenvalue weighted by atomic mass is 10.0. The Balaban J connectivity index is 2.16. The molecule has 1 aliphatic carbocycles. The van der Waals surface area contributed by atoms with E-state index in [2.05, 4.69) is 28.9 Å². The molecule has 1 aromatic rings. The van der Waals surface area contributed by atoms with Crippen LogP contribution in [0.15, 0.2) is 24.5 Å². The Labute approximate surface area is 97.7 Å². The van der Waals surface area contributed by atoms with Crippen LogP contribution < -0.4 is 10.6 Å². The molecule has 0 radical (unpaired) electrons. The SMILES string of the molecule is CCN(c1ccncc1)C1CCCC1CN. The average molecular weight is 219 g/mol. The molecule has 1 heterocycles. The number of hydrogen-bond donors (Lipinski definition) is 1. The fourth-order valence-electron chi connectivity index (χ4n) is 2.85. The number of nitrogens with zero attached hydrogens (tertiary/aromatic N) is 2. The molecule has 1 saturated carbocycles. The number of anilines is 1. The molecule has 0 spiro atoms. The Morgan fingerprint density at radius 1 is 1.38 bits per heavy atom. The number of pyridine rings is 1. The van der Waals surface area contributed by atoms with E-state index in [4.69, 9.17) is 5.73 Å². The van der Waals surface area contributed by atoms with E-state index in [0.717, 1.165) is 13.1 Å². The van der Waals surface area contributed by atoms with Crippen LogP contribution in [0.3, 0.4) is 0 Å². The van der Waals surface area contributed by atoms with Crippen molar-refractivity contribution in [2.75, 3.05) is 18.0 Å². The highest BCUT2D eigenvalue weighted by Gasteiger charge is 2.30. The van der Waals surface area contributed by atoms with Crippen molar-refractivity contribution in [2.24, 2.45) is 11.7 Å². The lowest BCUT2D eigenvalue weighted by molar-refractivity contribution is 0.462. The van der Waals surface area contributed by atoms with Crippen molar-refractivity contribution in [3.8, 4) is 0 Å². The van der Waals surface area contributed by atoms with E-state index in [0.29, 0.717) is 12.0 Å². The number of hydrogen-bond acceptors (Lipinski definition) is 3. The summed E-state index contributed by atoms with van der Waals surface area (Å²) in [5.41, 5.74) is 7.14. The molecule has 2 atom stereocenters. The first-order chi connectivity index (χ1) is 7.86. The average Bonchev–Trinajstić information content (AvgIpc) is 2.80. The zero-order valence-electron chi connectivity index (χ0n) is 9.97. The molecule has 88 valence electrons. The second-order valence-corrected chi connectivity index (χ2v) is 4.49. The van der Waals surface area contributed by atoms with Gasteiger partial charge in [0, 0.05) is 30.7 Å². The Hall–Kier alpha value is -1.09. The molecule has 0 aliphatic heterocycles. The third-order valence-corrected chi connectivity index (χ3v) is 3.66. The molecule has 0 bridgehead atoms. The Bertz CT molecular complexity index is 312. The van der Waals surface area contributed by atoms with Gasteiger partial charge in [-0.25, -0.2) is 0 Å². The smallest absolute Gasteiger partial charge is 0.0399 e. The molecule has 2 N–H and O–H groups in total. The van der Waals surface area contributed by atoms with Gasteiger partial charge < -0.3 is 10.6 Å². The lowest BCUT2D eigenvalue weighted by Crippen LogP contribution is -2.40. The first-order valence-electron chi connectivity index (χ1n) is 6.23. The highest BCUT2D eigenvalue weighted by molar-refractivity contribution is 5.46. The normalized spacial score (nSPS) is 24.6. The van der Waals surface area contributed by atoms with Gasteiger partial charge in [0.1, 0.15) is 0 Å². The van der Waals surface area contributed by atoms with Gasteiger partial charge in [0.25, 0.3) is 0 Å². The van der Waals surface area contributed by atoms with Crippen LogP contribution in [0.2, 0.25) is 0 Å². The van der Waals surface area contributed by atoms with Crippen molar-refractivity contribution in [2.45, 2.75) is 32.2 Å². The Morgan fingerprint density at radius 3 is 2.75 bits per heavy atom. The maximum Gasteiger partial charge on any atom is 0.0399 e. The van der Waals surface area contributed by atoms with Gasteiger partial charge in [0.15, 0.2) is 0 Å². The van der Waals surface area contributed by atoms with Crippen LogP contribution >= 0.6 is 0 Å². The lowest BCUT2D eigenvalue weighted by Gasteiger charge is -2.33. The van der Waals surface area contributed by atoms with Crippen molar-refractivity contribution < 1.29 is 0 Å². The van der Waals surface area contributed by atoms with Gasteiger partial charge in [-0.05, 0) is 44.4 Å². The maximum absolute atomic E-state index is 5.86. The third-order valence-electron chi connectivity index (χ3n) is 3.66. The Morgan fingerprint density at radius 2 is 2.12 bits per heavy atom.